The van der Waals surface area contributed by atoms with Crippen LogP contribution in [0.15, 0.2) is 22.9 Å². The van der Waals surface area contributed by atoms with Gasteiger partial charge in [-0.15, -0.1) is 0 Å². The molecular weight excluding hydrogens is 275 g/mol. The molecule has 2 heterocycles. The summed E-state index contributed by atoms with van der Waals surface area (Å²) in [6, 6.07) is 3.31. The SMILES string of the molecule is FC(F)(F)Cn1cc2ccc(Br)nc2n1. The molecule has 0 spiro atoms. The first-order valence-corrected chi connectivity index (χ1v) is 4.80. The van der Waals surface area contributed by atoms with E-state index in [2.05, 4.69) is 26.0 Å². The molecule has 0 radical (unpaired) electrons. The van der Waals surface area contributed by atoms with E-state index < -0.39 is 12.7 Å². The predicted octanol–water partition coefficient (Wildman–Crippen LogP) is 2.76. The highest BCUT2D eigenvalue weighted by atomic mass is 79.9. The molecule has 0 saturated carbocycles. The second-order valence-corrected chi connectivity index (χ2v) is 3.80. The van der Waals surface area contributed by atoms with Gasteiger partial charge in [0.25, 0.3) is 0 Å². The van der Waals surface area contributed by atoms with Crippen molar-refractivity contribution in [1.29, 1.82) is 0 Å². The molecule has 0 aliphatic carbocycles. The van der Waals surface area contributed by atoms with E-state index in [-0.39, 0.29) is 0 Å². The van der Waals surface area contributed by atoms with Gasteiger partial charge in [0.15, 0.2) is 5.65 Å². The van der Waals surface area contributed by atoms with Crippen molar-refractivity contribution in [2.75, 3.05) is 0 Å². The van der Waals surface area contributed by atoms with E-state index in [1.807, 2.05) is 0 Å². The second-order valence-electron chi connectivity index (χ2n) is 2.99. The zero-order chi connectivity index (χ0) is 11.1. The Labute approximate surface area is 91.0 Å². The van der Waals surface area contributed by atoms with Gasteiger partial charge in [-0.1, -0.05) is 0 Å². The number of aromatic nitrogens is 3. The average Bonchev–Trinajstić information content (AvgIpc) is 2.42. The summed E-state index contributed by atoms with van der Waals surface area (Å²) >= 11 is 3.12. The van der Waals surface area contributed by atoms with Gasteiger partial charge in [0, 0.05) is 11.6 Å². The summed E-state index contributed by atoms with van der Waals surface area (Å²) in [5.41, 5.74) is 0.300. The van der Waals surface area contributed by atoms with Crippen molar-refractivity contribution in [3.05, 3.63) is 22.9 Å². The van der Waals surface area contributed by atoms with Crippen molar-refractivity contribution in [3.63, 3.8) is 0 Å². The highest BCUT2D eigenvalue weighted by molar-refractivity contribution is 9.10. The lowest BCUT2D eigenvalue weighted by Gasteiger charge is -2.04. The lowest BCUT2D eigenvalue weighted by molar-refractivity contribution is -0.142. The molecule has 0 aliphatic rings. The number of alkyl halides is 3. The van der Waals surface area contributed by atoms with Crippen LogP contribution in [0.3, 0.4) is 0 Å². The van der Waals surface area contributed by atoms with Crippen LogP contribution in [0, 0.1) is 0 Å². The van der Waals surface area contributed by atoms with Gasteiger partial charge >= 0.3 is 6.18 Å². The molecule has 2 aromatic rings. The van der Waals surface area contributed by atoms with Gasteiger partial charge in [-0.25, -0.2) is 4.98 Å². The van der Waals surface area contributed by atoms with E-state index in [9.17, 15) is 13.2 Å². The molecule has 0 atom stereocenters. The van der Waals surface area contributed by atoms with Crippen LogP contribution < -0.4 is 0 Å². The van der Waals surface area contributed by atoms with E-state index in [0.717, 1.165) is 4.68 Å². The maximum absolute atomic E-state index is 12.1. The Bertz CT molecular complexity index is 491. The first-order valence-electron chi connectivity index (χ1n) is 4.00. The Balaban J connectivity index is 2.39. The normalized spacial score (nSPS) is 12.3. The molecule has 0 aliphatic heterocycles. The Kier molecular flexibility index (Phi) is 2.41. The van der Waals surface area contributed by atoms with Gasteiger partial charge in [-0.2, -0.15) is 18.3 Å². The quantitative estimate of drug-likeness (QED) is 0.752. The van der Waals surface area contributed by atoms with E-state index in [4.69, 9.17) is 0 Å². The molecule has 0 unspecified atom stereocenters. The van der Waals surface area contributed by atoms with Crippen LogP contribution in [0.5, 0.6) is 0 Å². The Hall–Kier alpha value is -1.11. The first-order chi connectivity index (χ1) is 6.94. The molecular formula is C8H5BrF3N3. The monoisotopic (exact) mass is 279 g/mol. The zero-order valence-corrected chi connectivity index (χ0v) is 8.88. The molecule has 3 nitrogen and oxygen atoms in total. The van der Waals surface area contributed by atoms with E-state index in [0.29, 0.717) is 15.6 Å². The summed E-state index contributed by atoms with van der Waals surface area (Å²) in [7, 11) is 0. The number of rotatable bonds is 1. The zero-order valence-electron chi connectivity index (χ0n) is 7.29. The fraction of sp³-hybridized carbons (Fsp3) is 0.250. The molecule has 0 aromatic carbocycles. The minimum absolute atomic E-state index is 0.300. The molecule has 0 saturated heterocycles. The van der Waals surface area contributed by atoms with Crippen LogP contribution in [-0.2, 0) is 6.54 Å². The first kappa shape index (κ1) is 10.4. The molecule has 80 valence electrons. The van der Waals surface area contributed by atoms with Crippen LogP contribution >= 0.6 is 15.9 Å². The number of nitrogens with zero attached hydrogens (tertiary/aromatic N) is 3. The van der Waals surface area contributed by atoms with Crippen LogP contribution in [0.1, 0.15) is 0 Å². The highest BCUT2D eigenvalue weighted by Gasteiger charge is 2.28. The van der Waals surface area contributed by atoms with Gasteiger partial charge in [-0.05, 0) is 28.1 Å². The molecule has 0 bridgehead atoms. The van der Waals surface area contributed by atoms with E-state index in [1.54, 1.807) is 12.1 Å². The van der Waals surface area contributed by atoms with Crippen molar-refractivity contribution in [1.82, 2.24) is 14.8 Å². The van der Waals surface area contributed by atoms with Crippen LogP contribution in [-0.4, -0.2) is 20.9 Å². The topological polar surface area (TPSA) is 30.7 Å². The lowest BCUT2D eigenvalue weighted by atomic mass is 10.4. The number of pyridine rings is 1. The fourth-order valence-corrected chi connectivity index (χ4v) is 1.49. The number of hydrogen-bond donors (Lipinski definition) is 0. The summed E-state index contributed by atoms with van der Waals surface area (Å²) in [5.74, 6) is 0. The molecule has 2 aromatic heterocycles. The highest BCUT2D eigenvalue weighted by Crippen LogP contribution is 2.19. The molecule has 0 N–H and O–H groups in total. The van der Waals surface area contributed by atoms with Gasteiger partial charge in [-0.3, -0.25) is 4.68 Å². The fourth-order valence-electron chi connectivity index (χ4n) is 1.19. The number of hydrogen-bond acceptors (Lipinski definition) is 2. The van der Waals surface area contributed by atoms with Crippen molar-refractivity contribution in [2.24, 2.45) is 0 Å². The molecule has 2 rings (SSSR count). The largest absolute Gasteiger partial charge is 0.408 e. The molecule has 15 heavy (non-hydrogen) atoms. The summed E-state index contributed by atoms with van der Waals surface area (Å²) in [5, 5.41) is 4.30. The number of halogens is 4. The van der Waals surface area contributed by atoms with Crippen molar-refractivity contribution in [3.8, 4) is 0 Å². The average molecular weight is 280 g/mol. The van der Waals surface area contributed by atoms with Crippen LogP contribution in [0.2, 0.25) is 0 Å². The lowest BCUT2D eigenvalue weighted by Crippen LogP contribution is -2.17. The summed E-state index contributed by atoms with van der Waals surface area (Å²) in [4.78, 5) is 3.94. The minimum atomic E-state index is -4.26. The van der Waals surface area contributed by atoms with Gasteiger partial charge < -0.3 is 0 Å². The Morgan fingerprint density at radius 2 is 2.07 bits per heavy atom. The third-order valence-corrected chi connectivity index (χ3v) is 2.17. The standard InChI is InChI=1S/C8H5BrF3N3/c9-6-2-1-5-3-15(4-8(10,11)12)14-7(5)13-6/h1-3H,4H2. The maximum Gasteiger partial charge on any atom is 0.408 e. The number of fused-ring (bicyclic) bond motifs is 1. The van der Waals surface area contributed by atoms with E-state index in [1.165, 1.54) is 6.20 Å². The van der Waals surface area contributed by atoms with Crippen molar-refractivity contribution in [2.45, 2.75) is 12.7 Å². The maximum atomic E-state index is 12.1. The molecule has 7 heteroatoms. The minimum Gasteiger partial charge on any atom is -0.261 e. The predicted molar refractivity (Wildman–Crippen MR) is 51.3 cm³/mol. The molecule has 0 fully saturated rings. The molecule has 0 amide bonds. The Morgan fingerprint density at radius 1 is 1.33 bits per heavy atom. The van der Waals surface area contributed by atoms with Crippen LogP contribution in [0.25, 0.3) is 11.0 Å². The van der Waals surface area contributed by atoms with Gasteiger partial charge in [0.1, 0.15) is 11.1 Å². The van der Waals surface area contributed by atoms with Crippen molar-refractivity contribution >= 4 is 27.0 Å². The summed E-state index contributed by atoms with van der Waals surface area (Å²) in [6.45, 7) is -1.10. The third kappa shape index (κ3) is 2.47. The van der Waals surface area contributed by atoms with Gasteiger partial charge in [0.05, 0.1) is 0 Å². The summed E-state index contributed by atoms with van der Waals surface area (Å²) in [6.07, 6.45) is -2.94. The second kappa shape index (κ2) is 3.48. The Morgan fingerprint density at radius 3 is 2.73 bits per heavy atom. The summed E-state index contributed by atoms with van der Waals surface area (Å²) < 4.78 is 37.6. The third-order valence-electron chi connectivity index (χ3n) is 1.72. The van der Waals surface area contributed by atoms with Crippen molar-refractivity contribution < 1.29 is 13.2 Å². The van der Waals surface area contributed by atoms with E-state index >= 15 is 0 Å². The smallest absolute Gasteiger partial charge is 0.261 e. The van der Waals surface area contributed by atoms with Gasteiger partial charge in [0.2, 0.25) is 0 Å². The van der Waals surface area contributed by atoms with Crippen LogP contribution in [0.4, 0.5) is 13.2 Å².